The van der Waals surface area contributed by atoms with Gasteiger partial charge in [-0.15, -0.1) is 0 Å². The topological polar surface area (TPSA) is 32.8 Å². The Hall–Kier alpha value is -2.27. The third kappa shape index (κ3) is 4.10. The fourth-order valence-corrected chi connectivity index (χ4v) is 3.11. The molecular weight excluding hydrogens is 355 g/mol. The van der Waals surface area contributed by atoms with Crippen LogP contribution in [-0.4, -0.2) is 29.7 Å². The van der Waals surface area contributed by atoms with Crippen molar-refractivity contribution in [1.29, 1.82) is 0 Å². The summed E-state index contributed by atoms with van der Waals surface area (Å²) in [5.41, 5.74) is 2.21. The van der Waals surface area contributed by atoms with Gasteiger partial charge in [0.1, 0.15) is 11.4 Å². The van der Waals surface area contributed by atoms with Crippen LogP contribution >= 0.6 is 11.6 Å². The van der Waals surface area contributed by atoms with Crippen LogP contribution in [0.15, 0.2) is 42.5 Å². The zero-order chi connectivity index (χ0) is 18.9. The fraction of sp³-hybridized carbons (Fsp3) is 0.350. The number of nitrogens with zero attached hydrogens (tertiary/aromatic N) is 2. The number of anilines is 2. The molecule has 1 amide bonds. The highest BCUT2D eigenvalue weighted by atomic mass is 35.5. The molecule has 1 heterocycles. The first-order valence-electron chi connectivity index (χ1n) is 8.53. The molecule has 0 bridgehead atoms. The summed E-state index contributed by atoms with van der Waals surface area (Å²) in [6.45, 7) is 7.05. The van der Waals surface area contributed by atoms with Gasteiger partial charge in [-0.05, 0) is 50.6 Å². The summed E-state index contributed by atoms with van der Waals surface area (Å²) in [6, 6.07) is 12.5. The summed E-state index contributed by atoms with van der Waals surface area (Å²) in [6.07, 6.45) is -0.341. The first-order valence-corrected chi connectivity index (χ1v) is 8.91. The zero-order valence-electron chi connectivity index (χ0n) is 15.1. The average molecular weight is 377 g/mol. The number of halogens is 2. The Morgan fingerprint density at radius 2 is 1.88 bits per heavy atom. The number of hydrogen-bond acceptors (Lipinski definition) is 3. The molecule has 0 aliphatic carbocycles. The summed E-state index contributed by atoms with van der Waals surface area (Å²) in [5.74, 6) is -0.450. The third-order valence-electron chi connectivity index (χ3n) is 4.10. The molecule has 0 saturated carbocycles. The SMILES string of the molecule is CC(C)(C)OC(=O)N1CCN(c2ccc(F)c(Cl)c2)c2ccccc2C1. The molecule has 1 aliphatic rings. The van der Waals surface area contributed by atoms with E-state index in [1.54, 1.807) is 17.0 Å². The number of amides is 1. The molecule has 0 radical (unpaired) electrons. The molecule has 1 aliphatic heterocycles. The Labute approximate surface area is 158 Å². The van der Waals surface area contributed by atoms with Gasteiger partial charge in [-0.1, -0.05) is 29.8 Å². The van der Waals surface area contributed by atoms with E-state index >= 15 is 0 Å². The van der Waals surface area contributed by atoms with E-state index in [0.29, 0.717) is 19.6 Å². The van der Waals surface area contributed by atoms with Gasteiger partial charge in [-0.25, -0.2) is 9.18 Å². The molecule has 26 heavy (non-hydrogen) atoms. The summed E-state index contributed by atoms with van der Waals surface area (Å²) >= 11 is 5.97. The minimum Gasteiger partial charge on any atom is -0.444 e. The van der Waals surface area contributed by atoms with Crippen LogP contribution in [0.2, 0.25) is 5.02 Å². The van der Waals surface area contributed by atoms with Crippen LogP contribution in [0, 0.1) is 5.82 Å². The van der Waals surface area contributed by atoms with Crippen molar-refractivity contribution in [2.45, 2.75) is 32.9 Å². The van der Waals surface area contributed by atoms with Crippen molar-refractivity contribution >= 4 is 29.1 Å². The zero-order valence-corrected chi connectivity index (χ0v) is 15.9. The largest absolute Gasteiger partial charge is 0.444 e. The first kappa shape index (κ1) is 18.5. The van der Waals surface area contributed by atoms with Crippen LogP contribution < -0.4 is 4.90 Å². The van der Waals surface area contributed by atoms with Gasteiger partial charge in [0.05, 0.1) is 11.6 Å². The Bertz CT molecular complexity index is 820. The van der Waals surface area contributed by atoms with Gasteiger partial charge in [0.25, 0.3) is 0 Å². The minimum atomic E-state index is -0.549. The molecule has 3 rings (SSSR count). The molecule has 6 heteroatoms. The number of hydrogen-bond donors (Lipinski definition) is 0. The van der Waals surface area contributed by atoms with Crippen LogP contribution in [-0.2, 0) is 11.3 Å². The van der Waals surface area contributed by atoms with Crippen LogP contribution in [0.4, 0.5) is 20.6 Å². The lowest BCUT2D eigenvalue weighted by atomic mass is 10.1. The van der Waals surface area contributed by atoms with Crippen LogP contribution in [0.25, 0.3) is 0 Å². The molecule has 4 nitrogen and oxygen atoms in total. The highest BCUT2D eigenvalue weighted by Crippen LogP contribution is 2.33. The van der Waals surface area contributed by atoms with Gasteiger partial charge in [0.2, 0.25) is 0 Å². The lowest BCUT2D eigenvalue weighted by Gasteiger charge is -2.27. The molecule has 138 valence electrons. The lowest BCUT2D eigenvalue weighted by Crippen LogP contribution is -2.38. The Morgan fingerprint density at radius 1 is 1.15 bits per heavy atom. The Balaban J connectivity index is 1.93. The second-order valence-electron chi connectivity index (χ2n) is 7.28. The van der Waals surface area contributed by atoms with Crippen molar-refractivity contribution in [3.8, 4) is 0 Å². The summed E-state index contributed by atoms with van der Waals surface area (Å²) < 4.78 is 19.1. The van der Waals surface area contributed by atoms with Gasteiger partial charge in [0.15, 0.2) is 0 Å². The standard InChI is InChI=1S/C20H22ClFN2O2/c1-20(2,3)26-19(25)23-10-11-24(15-8-9-17(22)16(21)12-15)18-7-5-4-6-14(18)13-23/h4-9,12H,10-11,13H2,1-3H3. The van der Waals surface area contributed by atoms with Crippen molar-refractivity contribution in [2.75, 3.05) is 18.0 Å². The maximum Gasteiger partial charge on any atom is 0.410 e. The molecule has 0 fully saturated rings. The number of fused-ring (bicyclic) bond motifs is 1. The third-order valence-corrected chi connectivity index (χ3v) is 4.39. The van der Waals surface area contributed by atoms with E-state index in [0.717, 1.165) is 16.9 Å². The van der Waals surface area contributed by atoms with Gasteiger partial charge in [-0.3, -0.25) is 0 Å². The van der Waals surface area contributed by atoms with Gasteiger partial charge < -0.3 is 14.5 Å². The molecule has 0 saturated heterocycles. The maximum atomic E-state index is 13.5. The second-order valence-corrected chi connectivity index (χ2v) is 7.69. The van der Waals surface area contributed by atoms with Crippen molar-refractivity contribution < 1.29 is 13.9 Å². The van der Waals surface area contributed by atoms with Gasteiger partial charge >= 0.3 is 6.09 Å². The molecular formula is C20H22ClFN2O2. The molecule has 2 aromatic rings. The maximum absolute atomic E-state index is 13.5. The Kier molecular flexibility index (Phi) is 5.10. The van der Waals surface area contributed by atoms with Gasteiger partial charge in [0, 0.05) is 24.5 Å². The highest BCUT2D eigenvalue weighted by Gasteiger charge is 2.27. The number of para-hydroxylation sites is 1. The average Bonchev–Trinajstić information content (AvgIpc) is 2.76. The van der Waals surface area contributed by atoms with Gasteiger partial charge in [-0.2, -0.15) is 0 Å². The van der Waals surface area contributed by atoms with Crippen LogP contribution in [0.5, 0.6) is 0 Å². The van der Waals surface area contributed by atoms with E-state index in [1.807, 2.05) is 49.9 Å². The predicted octanol–water partition coefficient (Wildman–Crippen LogP) is 5.37. The van der Waals surface area contributed by atoms with Crippen LogP contribution in [0.3, 0.4) is 0 Å². The number of rotatable bonds is 1. The van der Waals surface area contributed by atoms with Crippen molar-refractivity contribution in [1.82, 2.24) is 4.90 Å². The molecule has 0 aromatic heterocycles. The van der Waals surface area contributed by atoms with E-state index in [1.165, 1.54) is 6.07 Å². The molecule has 0 atom stereocenters. The summed E-state index contributed by atoms with van der Waals surface area (Å²) in [7, 11) is 0. The van der Waals surface area contributed by atoms with Crippen molar-refractivity contribution in [3.63, 3.8) is 0 Å². The second kappa shape index (κ2) is 7.16. The summed E-state index contributed by atoms with van der Waals surface area (Å²) in [4.78, 5) is 16.3. The predicted molar refractivity (Wildman–Crippen MR) is 102 cm³/mol. The number of ether oxygens (including phenoxy) is 1. The molecule has 0 spiro atoms. The van der Waals surface area contributed by atoms with E-state index in [4.69, 9.17) is 16.3 Å². The van der Waals surface area contributed by atoms with E-state index in [-0.39, 0.29) is 11.1 Å². The number of carbonyl (C=O) groups excluding carboxylic acids is 1. The van der Waals surface area contributed by atoms with Crippen molar-refractivity contribution in [3.05, 3.63) is 58.9 Å². The molecule has 2 aromatic carbocycles. The quantitative estimate of drug-likeness (QED) is 0.671. The van der Waals surface area contributed by atoms with Crippen LogP contribution in [0.1, 0.15) is 26.3 Å². The first-order chi connectivity index (χ1) is 12.2. The van der Waals surface area contributed by atoms with E-state index in [9.17, 15) is 9.18 Å². The minimum absolute atomic E-state index is 0.0771. The fourth-order valence-electron chi connectivity index (χ4n) is 2.94. The monoisotopic (exact) mass is 376 g/mol. The Morgan fingerprint density at radius 3 is 2.58 bits per heavy atom. The van der Waals surface area contributed by atoms with E-state index in [2.05, 4.69) is 0 Å². The molecule has 0 unspecified atom stereocenters. The number of carbonyl (C=O) groups is 1. The van der Waals surface area contributed by atoms with Crippen molar-refractivity contribution in [2.24, 2.45) is 0 Å². The lowest BCUT2D eigenvalue weighted by molar-refractivity contribution is 0.0244. The summed E-state index contributed by atoms with van der Waals surface area (Å²) in [5, 5.41) is 0.0771. The normalized spacial score (nSPS) is 14.7. The highest BCUT2D eigenvalue weighted by molar-refractivity contribution is 6.31. The number of benzene rings is 2. The molecule has 0 N–H and O–H groups in total. The smallest absolute Gasteiger partial charge is 0.410 e. The van der Waals surface area contributed by atoms with E-state index < -0.39 is 11.4 Å².